The third-order valence-corrected chi connectivity index (χ3v) is 4.44. The molecule has 2 aliphatic rings. The molecule has 2 atom stereocenters. The van der Waals surface area contributed by atoms with Crippen molar-refractivity contribution in [1.29, 1.82) is 0 Å². The lowest BCUT2D eigenvalue weighted by Crippen LogP contribution is -2.42. The second kappa shape index (κ2) is 6.51. The molecule has 118 valence electrons. The predicted molar refractivity (Wildman–Crippen MR) is 83.2 cm³/mol. The molecule has 2 aliphatic heterocycles. The number of nitrogens with one attached hydrogen (secondary N) is 1. The summed E-state index contributed by atoms with van der Waals surface area (Å²) in [6, 6.07) is 2.22. The van der Waals surface area contributed by atoms with E-state index < -0.39 is 0 Å². The monoisotopic (exact) mass is 292 g/mol. The molecule has 21 heavy (non-hydrogen) atoms. The summed E-state index contributed by atoms with van der Waals surface area (Å²) in [5.41, 5.74) is 1.33. The van der Waals surface area contributed by atoms with E-state index in [1.54, 1.807) is 0 Å². The van der Waals surface area contributed by atoms with Crippen molar-refractivity contribution in [1.82, 2.24) is 10.2 Å². The van der Waals surface area contributed by atoms with E-state index >= 15 is 0 Å². The highest BCUT2D eigenvalue weighted by Gasteiger charge is 2.33. The van der Waals surface area contributed by atoms with Gasteiger partial charge in [0.25, 0.3) is 0 Å². The number of rotatable bonds is 6. The second-order valence-corrected chi connectivity index (χ2v) is 6.97. The molecule has 2 bridgehead atoms. The lowest BCUT2D eigenvalue weighted by atomic mass is 10.2. The maximum absolute atomic E-state index is 5.90. The van der Waals surface area contributed by atoms with Crippen LogP contribution in [0.25, 0.3) is 0 Å². The first kappa shape index (κ1) is 15.1. The molecule has 0 aliphatic carbocycles. The minimum Gasteiger partial charge on any atom is -0.465 e. The average Bonchev–Trinajstić information content (AvgIpc) is 2.93. The van der Waals surface area contributed by atoms with Gasteiger partial charge in [-0.15, -0.1) is 0 Å². The number of furan rings is 1. The van der Waals surface area contributed by atoms with E-state index in [4.69, 9.17) is 9.15 Å². The first-order valence-electron chi connectivity index (χ1n) is 8.27. The Hall–Kier alpha value is -0.840. The molecule has 1 aromatic rings. The van der Waals surface area contributed by atoms with Crippen LogP contribution in [0.2, 0.25) is 0 Å². The summed E-state index contributed by atoms with van der Waals surface area (Å²) in [6.07, 6.45) is 3.39. The van der Waals surface area contributed by atoms with Crippen molar-refractivity contribution < 1.29 is 9.15 Å². The van der Waals surface area contributed by atoms with Crippen LogP contribution in [0.1, 0.15) is 43.8 Å². The van der Waals surface area contributed by atoms with Crippen LogP contribution in [0.5, 0.6) is 0 Å². The number of morpholine rings is 1. The quantitative estimate of drug-likeness (QED) is 0.875. The molecule has 3 heterocycles. The fourth-order valence-electron chi connectivity index (χ4n) is 3.38. The van der Waals surface area contributed by atoms with Crippen molar-refractivity contribution in [2.75, 3.05) is 19.6 Å². The lowest BCUT2D eigenvalue weighted by molar-refractivity contribution is -0.0411. The zero-order valence-electron chi connectivity index (χ0n) is 13.5. The largest absolute Gasteiger partial charge is 0.465 e. The second-order valence-electron chi connectivity index (χ2n) is 6.97. The summed E-state index contributed by atoms with van der Waals surface area (Å²) in [4.78, 5) is 2.52. The van der Waals surface area contributed by atoms with Gasteiger partial charge < -0.3 is 14.5 Å². The molecule has 4 nitrogen and oxygen atoms in total. The van der Waals surface area contributed by atoms with Crippen LogP contribution in [0.3, 0.4) is 0 Å². The molecule has 0 radical (unpaired) electrons. The van der Waals surface area contributed by atoms with Gasteiger partial charge in [-0.3, -0.25) is 4.90 Å². The molecule has 0 saturated carbocycles. The first-order chi connectivity index (χ1) is 10.1. The number of aryl methyl sites for hydroxylation is 1. The minimum absolute atomic E-state index is 0.461. The average molecular weight is 292 g/mol. The Kier molecular flexibility index (Phi) is 4.67. The fourth-order valence-corrected chi connectivity index (χ4v) is 3.38. The van der Waals surface area contributed by atoms with Gasteiger partial charge in [0, 0.05) is 25.2 Å². The molecular weight excluding hydrogens is 264 g/mol. The van der Waals surface area contributed by atoms with Crippen LogP contribution in [0.4, 0.5) is 0 Å². The fraction of sp³-hybridized carbons (Fsp3) is 0.765. The maximum Gasteiger partial charge on any atom is 0.118 e. The van der Waals surface area contributed by atoms with Crippen molar-refractivity contribution in [3.8, 4) is 0 Å². The summed E-state index contributed by atoms with van der Waals surface area (Å²) in [5, 5.41) is 3.44. The Bertz CT molecular complexity index is 457. The maximum atomic E-state index is 5.90. The molecule has 2 fully saturated rings. The van der Waals surface area contributed by atoms with Crippen molar-refractivity contribution in [2.24, 2.45) is 5.92 Å². The Balaban J connectivity index is 1.54. The van der Waals surface area contributed by atoms with Crippen LogP contribution in [0, 0.1) is 12.8 Å². The summed E-state index contributed by atoms with van der Waals surface area (Å²) in [6.45, 7) is 11.5. The van der Waals surface area contributed by atoms with E-state index in [-0.39, 0.29) is 0 Å². The van der Waals surface area contributed by atoms with E-state index in [1.807, 2.05) is 0 Å². The zero-order valence-corrected chi connectivity index (χ0v) is 13.5. The van der Waals surface area contributed by atoms with Crippen LogP contribution in [-0.2, 0) is 17.8 Å². The molecule has 1 N–H and O–H groups in total. The molecule has 4 heteroatoms. The van der Waals surface area contributed by atoms with Crippen LogP contribution in [-0.4, -0.2) is 36.7 Å². The van der Waals surface area contributed by atoms with Crippen molar-refractivity contribution >= 4 is 0 Å². The molecule has 2 unspecified atom stereocenters. The van der Waals surface area contributed by atoms with E-state index in [9.17, 15) is 0 Å². The molecule has 1 aromatic heterocycles. The van der Waals surface area contributed by atoms with Crippen LogP contribution >= 0.6 is 0 Å². The molecule has 3 rings (SSSR count). The number of nitrogens with zero attached hydrogens (tertiary/aromatic N) is 1. The minimum atomic E-state index is 0.461. The third-order valence-electron chi connectivity index (χ3n) is 4.44. The van der Waals surface area contributed by atoms with Gasteiger partial charge in [0.05, 0.1) is 18.8 Å². The lowest BCUT2D eigenvalue weighted by Gasteiger charge is -2.31. The molecule has 0 spiro atoms. The highest BCUT2D eigenvalue weighted by Crippen LogP contribution is 2.28. The molecule has 2 saturated heterocycles. The topological polar surface area (TPSA) is 37.6 Å². The summed E-state index contributed by atoms with van der Waals surface area (Å²) >= 11 is 0. The number of hydrogen-bond acceptors (Lipinski definition) is 4. The Morgan fingerprint density at radius 3 is 2.67 bits per heavy atom. The van der Waals surface area contributed by atoms with Crippen molar-refractivity contribution in [2.45, 2.75) is 58.9 Å². The number of fused-ring (bicyclic) bond motifs is 2. The number of ether oxygens (including phenoxy) is 1. The van der Waals surface area contributed by atoms with Crippen molar-refractivity contribution in [3.05, 3.63) is 23.2 Å². The Morgan fingerprint density at radius 1 is 1.29 bits per heavy atom. The first-order valence-corrected chi connectivity index (χ1v) is 8.27. The smallest absolute Gasteiger partial charge is 0.118 e. The van der Waals surface area contributed by atoms with Crippen LogP contribution in [0.15, 0.2) is 10.5 Å². The Labute approximate surface area is 127 Å². The normalized spacial score (nSPS) is 25.9. The molecule has 0 aromatic carbocycles. The van der Waals surface area contributed by atoms with Gasteiger partial charge in [-0.2, -0.15) is 0 Å². The zero-order chi connectivity index (χ0) is 14.8. The van der Waals surface area contributed by atoms with Gasteiger partial charge in [0.2, 0.25) is 0 Å². The van der Waals surface area contributed by atoms with E-state index in [1.165, 1.54) is 18.4 Å². The van der Waals surface area contributed by atoms with Crippen molar-refractivity contribution in [3.63, 3.8) is 0 Å². The predicted octanol–water partition coefficient (Wildman–Crippen LogP) is 2.70. The van der Waals surface area contributed by atoms with Gasteiger partial charge in [-0.05, 0) is 38.3 Å². The highest BCUT2D eigenvalue weighted by molar-refractivity contribution is 5.21. The summed E-state index contributed by atoms with van der Waals surface area (Å²) in [7, 11) is 0. The van der Waals surface area contributed by atoms with Gasteiger partial charge in [-0.25, -0.2) is 0 Å². The molecular formula is C17H28N2O2. The third kappa shape index (κ3) is 3.87. The Morgan fingerprint density at radius 2 is 2.00 bits per heavy atom. The summed E-state index contributed by atoms with van der Waals surface area (Å²) < 4.78 is 11.8. The van der Waals surface area contributed by atoms with Gasteiger partial charge >= 0.3 is 0 Å². The number of hydrogen-bond donors (Lipinski definition) is 1. The van der Waals surface area contributed by atoms with E-state index in [0.717, 1.165) is 44.2 Å². The highest BCUT2D eigenvalue weighted by atomic mass is 16.5. The molecule has 0 amide bonds. The van der Waals surface area contributed by atoms with Gasteiger partial charge in [0.1, 0.15) is 11.5 Å². The number of likely N-dealkylation sites (tertiary alicyclic amines) is 1. The standard InChI is InChI=1S/C17H28N2O2/c1-12(2)7-18-8-17-6-14(13(3)20-17)9-19-10-15-4-5-16(11-19)21-15/h6,12,15-16,18H,4-5,7-11H2,1-3H3. The summed E-state index contributed by atoms with van der Waals surface area (Å²) in [5.74, 6) is 2.79. The van der Waals surface area contributed by atoms with E-state index in [2.05, 4.69) is 37.1 Å². The van der Waals surface area contributed by atoms with E-state index in [0.29, 0.717) is 18.1 Å². The SMILES string of the molecule is Cc1oc(CNCC(C)C)cc1CN1CC2CCC(C1)O2. The van der Waals surface area contributed by atoms with Gasteiger partial charge in [-0.1, -0.05) is 13.8 Å². The van der Waals surface area contributed by atoms with Crippen LogP contribution < -0.4 is 5.32 Å². The van der Waals surface area contributed by atoms with Gasteiger partial charge in [0.15, 0.2) is 0 Å².